The molecule has 2 saturated heterocycles. The average molecular weight is 663 g/mol. The molecular formula is C42H54N4O3. The predicted octanol–water partition coefficient (Wildman–Crippen LogP) is 6.41. The van der Waals surface area contributed by atoms with Crippen LogP contribution in [-0.4, -0.2) is 84.3 Å². The molecule has 1 N–H and O–H groups in total. The van der Waals surface area contributed by atoms with E-state index in [-0.39, 0.29) is 43.1 Å². The highest BCUT2D eigenvalue weighted by Crippen LogP contribution is 2.43. The first kappa shape index (κ1) is 34.9. The van der Waals surface area contributed by atoms with Crippen molar-refractivity contribution in [1.82, 2.24) is 20.0 Å². The lowest BCUT2D eigenvalue weighted by Gasteiger charge is -2.39. The zero-order valence-corrected chi connectivity index (χ0v) is 29.3. The number of nitrogens with one attached hydrogen (secondary N) is 1. The van der Waals surface area contributed by atoms with Crippen LogP contribution in [0.15, 0.2) is 91.0 Å². The van der Waals surface area contributed by atoms with Gasteiger partial charge in [0.1, 0.15) is 6.04 Å². The number of amides is 3. The molecule has 0 radical (unpaired) electrons. The number of carbonyl (C=O) groups is 3. The molecule has 2 aliphatic heterocycles. The van der Waals surface area contributed by atoms with Gasteiger partial charge in [0.2, 0.25) is 17.7 Å². The normalized spacial score (nSPS) is 20.6. The highest BCUT2D eigenvalue weighted by Gasteiger charge is 2.42. The molecule has 1 saturated carbocycles. The third-order valence-corrected chi connectivity index (χ3v) is 11.4. The molecule has 1 aliphatic carbocycles. The largest absolute Gasteiger partial charge is 0.354 e. The number of hydrogen-bond acceptors (Lipinski definition) is 4. The van der Waals surface area contributed by atoms with Crippen LogP contribution >= 0.6 is 0 Å². The third-order valence-electron chi connectivity index (χ3n) is 11.4. The molecule has 3 aromatic carbocycles. The minimum absolute atomic E-state index is 0.0416. The van der Waals surface area contributed by atoms with Gasteiger partial charge in [-0.3, -0.25) is 14.4 Å². The maximum absolute atomic E-state index is 14.4. The van der Waals surface area contributed by atoms with Crippen LogP contribution in [0.1, 0.15) is 87.3 Å². The standard InChI is InChI=1S/C42H54N4O3/c1-44(37-24-14-28-45(32-37)31-33-16-6-2-7-17-33)39(47)26-27-43-41(49)38-25-15-29-46(38)40(48)30-42(34-18-8-3-9-19-34,35-20-10-4-11-21-35)36-22-12-5-13-23-36/h3-5,8-13,18-23,33,37-38H,2,6-7,14-17,24-32H2,1H3,(H,43,49)/t37-,38?/m1/s1. The Morgan fingerprint density at radius 2 is 1.31 bits per heavy atom. The number of benzene rings is 3. The number of likely N-dealkylation sites (tertiary alicyclic amines) is 2. The Hall–Kier alpha value is -3.97. The monoisotopic (exact) mass is 662 g/mol. The van der Waals surface area contributed by atoms with Crippen LogP contribution in [0.5, 0.6) is 0 Å². The molecule has 2 atom stereocenters. The van der Waals surface area contributed by atoms with E-state index in [0.717, 1.165) is 61.5 Å². The number of rotatable bonds is 12. The van der Waals surface area contributed by atoms with Crippen molar-refractivity contribution in [1.29, 1.82) is 0 Å². The van der Waals surface area contributed by atoms with Crippen molar-refractivity contribution in [3.63, 3.8) is 0 Å². The van der Waals surface area contributed by atoms with Gasteiger partial charge in [-0.25, -0.2) is 0 Å². The Balaban J connectivity index is 1.08. The van der Waals surface area contributed by atoms with Crippen molar-refractivity contribution in [2.24, 2.45) is 5.92 Å². The average Bonchev–Trinajstić information content (AvgIpc) is 3.66. The number of likely N-dealkylation sites (N-methyl/N-ethyl adjacent to an activating group) is 1. The summed E-state index contributed by atoms with van der Waals surface area (Å²) in [4.78, 5) is 47.5. The van der Waals surface area contributed by atoms with E-state index >= 15 is 0 Å². The molecule has 3 aliphatic rings. The summed E-state index contributed by atoms with van der Waals surface area (Å²) in [5.74, 6) is 0.669. The van der Waals surface area contributed by atoms with Gasteiger partial charge >= 0.3 is 0 Å². The topological polar surface area (TPSA) is 73.0 Å². The third kappa shape index (κ3) is 8.26. The molecular weight excluding hydrogens is 608 g/mol. The van der Waals surface area contributed by atoms with Crippen molar-refractivity contribution in [3.05, 3.63) is 108 Å². The van der Waals surface area contributed by atoms with Gasteiger partial charge in [-0.2, -0.15) is 0 Å². The second-order valence-corrected chi connectivity index (χ2v) is 14.5. The first-order chi connectivity index (χ1) is 24.0. The van der Waals surface area contributed by atoms with Crippen LogP contribution in [0.2, 0.25) is 0 Å². The van der Waals surface area contributed by atoms with E-state index in [1.54, 1.807) is 4.90 Å². The molecule has 2 heterocycles. The van der Waals surface area contributed by atoms with Crippen LogP contribution in [0.25, 0.3) is 0 Å². The van der Waals surface area contributed by atoms with Crippen molar-refractivity contribution in [2.75, 3.05) is 39.8 Å². The minimum atomic E-state index is -0.716. The zero-order valence-electron chi connectivity index (χ0n) is 29.3. The van der Waals surface area contributed by atoms with E-state index in [1.807, 2.05) is 66.5 Å². The Kier molecular flexibility index (Phi) is 11.8. The van der Waals surface area contributed by atoms with Crippen LogP contribution in [0.4, 0.5) is 0 Å². The maximum atomic E-state index is 14.4. The molecule has 7 heteroatoms. The lowest BCUT2D eigenvalue weighted by atomic mass is 9.67. The van der Waals surface area contributed by atoms with Crippen molar-refractivity contribution < 1.29 is 14.4 Å². The van der Waals surface area contributed by atoms with Gasteiger partial charge in [-0.05, 0) is 67.7 Å². The van der Waals surface area contributed by atoms with E-state index < -0.39 is 11.5 Å². The van der Waals surface area contributed by atoms with Crippen LogP contribution in [0, 0.1) is 5.92 Å². The quantitative estimate of drug-likeness (QED) is 0.228. The molecule has 0 bridgehead atoms. The number of carbonyl (C=O) groups excluding carboxylic acids is 3. The van der Waals surface area contributed by atoms with E-state index in [1.165, 1.54) is 32.1 Å². The van der Waals surface area contributed by atoms with Crippen molar-refractivity contribution >= 4 is 17.7 Å². The SMILES string of the molecule is CN(C(=O)CCNC(=O)C1CCCN1C(=O)CC(c1ccccc1)(c1ccccc1)c1ccccc1)[C@@H]1CCCN(CC2CCCCC2)C1. The van der Waals surface area contributed by atoms with Gasteiger partial charge in [-0.1, -0.05) is 110 Å². The summed E-state index contributed by atoms with van der Waals surface area (Å²) >= 11 is 0. The Morgan fingerprint density at radius 3 is 1.90 bits per heavy atom. The second-order valence-electron chi connectivity index (χ2n) is 14.5. The van der Waals surface area contributed by atoms with E-state index in [2.05, 4.69) is 46.6 Å². The van der Waals surface area contributed by atoms with E-state index in [4.69, 9.17) is 0 Å². The summed E-state index contributed by atoms with van der Waals surface area (Å²) in [7, 11) is 1.93. The van der Waals surface area contributed by atoms with E-state index in [0.29, 0.717) is 13.0 Å². The lowest BCUT2D eigenvalue weighted by Crippen LogP contribution is -2.50. The van der Waals surface area contributed by atoms with Crippen LogP contribution in [0.3, 0.4) is 0 Å². The van der Waals surface area contributed by atoms with Gasteiger partial charge in [0.25, 0.3) is 0 Å². The fourth-order valence-corrected chi connectivity index (χ4v) is 8.68. The second kappa shape index (κ2) is 16.6. The first-order valence-corrected chi connectivity index (χ1v) is 18.7. The summed E-state index contributed by atoms with van der Waals surface area (Å²) < 4.78 is 0. The Morgan fingerprint density at radius 1 is 0.735 bits per heavy atom. The van der Waals surface area contributed by atoms with Gasteiger partial charge in [0.05, 0.1) is 5.41 Å². The van der Waals surface area contributed by atoms with Gasteiger partial charge < -0.3 is 20.0 Å². The molecule has 0 spiro atoms. The predicted molar refractivity (Wildman–Crippen MR) is 195 cm³/mol. The van der Waals surface area contributed by atoms with Gasteiger partial charge in [-0.15, -0.1) is 0 Å². The highest BCUT2D eigenvalue weighted by atomic mass is 16.2. The summed E-state index contributed by atoms with van der Waals surface area (Å²) in [6.45, 7) is 4.06. The maximum Gasteiger partial charge on any atom is 0.242 e. The summed E-state index contributed by atoms with van der Waals surface area (Å²) in [5, 5.41) is 3.03. The molecule has 49 heavy (non-hydrogen) atoms. The summed E-state index contributed by atoms with van der Waals surface area (Å²) in [5.41, 5.74) is 2.41. The number of hydrogen-bond donors (Lipinski definition) is 1. The molecule has 1 unspecified atom stereocenters. The van der Waals surface area contributed by atoms with Crippen LogP contribution < -0.4 is 5.32 Å². The Bertz CT molecular complexity index is 1410. The lowest BCUT2D eigenvalue weighted by molar-refractivity contribution is -0.139. The highest BCUT2D eigenvalue weighted by molar-refractivity contribution is 5.89. The molecule has 0 aromatic heterocycles. The summed E-state index contributed by atoms with van der Waals surface area (Å²) in [6.07, 6.45) is 10.8. The minimum Gasteiger partial charge on any atom is -0.354 e. The number of piperidine rings is 1. The summed E-state index contributed by atoms with van der Waals surface area (Å²) in [6, 6.07) is 30.4. The van der Waals surface area contributed by atoms with E-state index in [9.17, 15) is 14.4 Å². The molecule has 6 rings (SSSR count). The van der Waals surface area contributed by atoms with Gasteiger partial charge in [0, 0.05) is 52.1 Å². The molecule has 3 amide bonds. The van der Waals surface area contributed by atoms with Gasteiger partial charge in [0.15, 0.2) is 0 Å². The number of nitrogens with zero attached hydrogens (tertiary/aromatic N) is 3. The molecule has 3 aromatic rings. The van der Waals surface area contributed by atoms with Crippen LogP contribution in [-0.2, 0) is 19.8 Å². The smallest absolute Gasteiger partial charge is 0.242 e. The Labute approximate surface area is 293 Å². The molecule has 7 nitrogen and oxygen atoms in total. The molecule has 260 valence electrons. The molecule has 3 fully saturated rings. The fraction of sp³-hybridized carbons (Fsp3) is 0.500. The van der Waals surface area contributed by atoms with Crippen molar-refractivity contribution in [2.45, 2.75) is 88.1 Å². The fourth-order valence-electron chi connectivity index (χ4n) is 8.68. The first-order valence-electron chi connectivity index (χ1n) is 18.7. The van der Waals surface area contributed by atoms with Crippen molar-refractivity contribution in [3.8, 4) is 0 Å². The zero-order chi connectivity index (χ0) is 34.1.